The van der Waals surface area contributed by atoms with E-state index >= 15 is 0 Å². The van der Waals surface area contributed by atoms with Gasteiger partial charge in [-0.1, -0.05) is 19.1 Å². The normalized spacial score (nSPS) is 19.8. The fourth-order valence-electron chi connectivity index (χ4n) is 2.02. The molecule has 100 valence electrons. The number of hydrogen-bond donors (Lipinski definition) is 0. The third kappa shape index (κ3) is 2.87. The van der Waals surface area contributed by atoms with Gasteiger partial charge in [-0.05, 0) is 12.3 Å². The standard InChI is InChI=1S/C12H20N4O2/c1-9(2)8-18-10-4-5-16(7-10)12(17)11-6-13-14-15(11)3/h6,9-10H,4-5,7-8H2,1-3H3. The van der Waals surface area contributed by atoms with Gasteiger partial charge in [0.2, 0.25) is 0 Å². The van der Waals surface area contributed by atoms with E-state index < -0.39 is 0 Å². The van der Waals surface area contributed by atoms with E-state index in [1.165, 1.54) is 10.9 Å². The number of carbonyl (C=O) groups is 1. The minimum atomic E-state index is -0.0156. The van der Waals surface area contributed by atoms with Crippen LogP contribution in [0.15, 0.2) is 6.20 Å². The summed E-state index contributed by atoms with van der Waals surface area (Å²) in [6.07, 6.45) is 2.58. The molecule has 0 radical (unpaired) electrons. The van der Waals surface area contributed by atoms with Crippen molar-refractivity contribution in [3.05, 3.63) is 11.9 Å². The molecular formula is C12H20N4O2. The molecule has 0 bridgehead atoms. The van der Waals surface area contributed by atoms with E-state index in [2.05, 4.69) is 24.2 Å². The molecule has 1 fully saturated rings. The first-order valence-corrected chi connectivity index (χ1v) is 6.33. The number of ether oxygens (including phenoxy) is 1. The predicted octanol–water partition coefficient (Wildman–Crippen LogP) is 0.702. The predicted molar refractivity (Wildman–Crippen MR) is 66.1 cm³/mol. The molecule has 2 heterocycles. The third-order valence-electron chi connectivity index (χ3n) is 3.03. The van der Waals surface area contributed by atoms with Gasteiger partial charge >= 0.3 is 0 Å². The van der Waals surface area contributed by atoms with Gasteiger partial charge in [0, 0.05) is 26.7 Å². The van der Waals surface area contributed by atoms with Crippen LogP contribution in [0.5, 0.6) is 0 Å². The first kappa shape index (κ1) is 13.0. The van der Waals surface area contributed by atoms with Gasteiger partial charge in [0.1, 0.15) is 5.69 Å². The van der Waals surface area contributed by atoms with Crippen LogP contribution in [0.1, 0.15) is 30.8 Å². The fraction of sp³-hybridized carbons (Fsp3) is 0.750. The van der Waals surface area contributed by atoms with E-state index in [0.717, 1.165) is 19.6 Å². The number of aromatic nitrogens is 3. The van der Waals surface area contributed by atoms with Gasteiger partial charge < -0.3 is 9.64 Å². The lowest BCUT2D eigenvalue weighted by molar-refractivity contribution is 0.0394. The molecule has 6 nitrogen and oxygen atoms in total. The Morgan fingerprint density at radius 3 is 3.00 bits per heavy atom. The maximum atomic E-state index is 12.2. The van der Waals surface area contributed by atoms with Crippen molar-refractivity contribution < 1.29 is 9.53 Å². The zero-order valence-electron chi connectivity index (χ0n) is 11.2. The number of likely N-dealkylation sites (tertiary alicyclic amines) is 1. The highest BCUT2D eigenvalue weighted by Crippen LogP contribution is 2.16. The van der Waals surface area contributed by atoms with Crippen LogP contribution >= 0.6 is 0 Å². The molecule has 18 heavy (non-hydrogen) atoms. The largest absolute Gasteiger partial charge is 0.376 e. The SMILES string of the molecule is CC(C)COC1CCN(C(=O)c2cnnn2C)C1. The summed E-state index contributed by atoms with van der Waals surface area (Å²) in [6, 6.07) is 0. The summed E-state index contributed by atoms with van der Waals surface area (Å²) in [6.45, 7) is 6.40. The van der Waals surface area contributed by atoms with Gasteiger partial charge in [-0.15, -0.1) is 5.10 Å². The molecule has 1 aliphatic rings. The monoisotopic (exact) mass is 252 g/mol. The molecule has 1 saturated heterocycles. The Balaban J connectivity index is 1.89. The summed E-state index contributed by atoms with van der Waals surface area (Å²) in [4.78, 5) is 14.0. The van der Waals surface area contributed by atoms with E-state index in [4.69, 9.17) is 4.74 Å². The Kier molecular flexibility index (Phi) is 3.96. The molecule has 1 amide bonds. The molecule has 6 heteroatoms. The fourth-order valence-corrected chi connectivity index (χ4v) is 2.02. The van der Waals surface area contributed by atoms with E-state index in [1.807, 2.05) is 4.90 Å². The van der Waals surface area contributed by atoms with Crippen LogP contribution in [-0.2, 0) is 11.8 Å². The number of amides is 1. The number of carbonyl (C=O) groups excluding carboxylic acids is 1. The number of nitrogens with zero attached hydrogens (tertiary/aromatic N) is 4. The first-order chi connectivity index (χ1) is 8.58. The van der Waals surface area contributed by atoms with Crippen LogP contribution < -0.4 is 0 Å². The molecule has 0 saturated carbocycles. The summed E-state index contributed by atoms with van der Waals surface area (Å²) >= 11 is 0. The van der Waals surface area contributed by atoms with E-state index in [1.54, 1.807) is 7.05 Å². The van der Waals surface area contributed by atoms with Crippen LogP contribution in [-0.4, -0.2) is 51.6 Å². The highest BCUT2D eigenvalue weighted by molar-refractivity contribution is 5.92. The van der Waals surface area contributed by atoms with Gasteiger partial charge in [0.25, 0.3) is 5.91 Å². The summed E-state index contributed by atoms with van der Waals surface area (Å²) < 4.78 is 7.27. The number of hydrogen-bond acceptors (Lipinski definition) is 4. The van der Waals surface area contributed by atoms with Crippen LogP contribution in [0.2, 0.25) is 0 Å². The van der Waals surface area contributed by atoms with Crippen LogP contribution in [0.3, 0.4) is 0 Å². The van der Waals surface area contributed by atoms with Crippen molar-refractivity contribution in [3.8, 4) is 0 Å². The highest BCUT2D eigenvalue weighted by atomic mass is 16.5. The molecule has 0 N–H and O–H groups in total. The zero-order valence-corrected chi connectivity index (χ0v) is 11.2. The highest BCUT2D eigenvalue weighted by Gasteiger charge is 2.29. The summed E-state index contributed by atoms with van der Waals surface area (Å²) in [7, 11) is 1.73. The Hall–Kier alpha value is -1.43. The van der Waals surface area contributed by atoms with Crippen molar-refractivity contribution in [2.45, 2.75) is 26.4 Å². The van der Waals surface area contributed by atoms with Crippen LogP contribution in [0, 0.1) is 5.92 Å². The van der Waals surface area contributed by atoms with Crippen molar-refractivity contribution in [1.29, 1.82) is 0 Å². The Labute approximate surface area is 107 Å². The molecule has 0 aromatic carbocycles. The molecular weight excluding hydrogens is 232 g/mol. The lowest BCUT2D eigenvalue weighted by atomic mass is 10.2. The second kappa shape index (κ2) is 5.48. The van der Waals surface area contributed by atoms with Crippen molar-refractivity contribution in [2.24, 2.45) is 13.0 Å². The second-order valence-corrected chi connectivity index (χ2v) is 5.13. The molecule has 1 aromatic rings. The van der Waals surface area contributed by atoms with Crippen molar-refractivity contribution in [3.63, 3.8) is 0 Å². The second-order valence-electron chi connectivity index (χ2n) is 5.13. The topological polar surface area (TPSA) is 60.2 Å². The Morgan fingerprint density at radius 2 is 2.39 bits per heavy atom. The first-order valence-electron chi connectivity index (χ1n) is 6.33. The average Bonchev–Trinajstić information content (AvgIpc) is 2.94. The van der Waals surface area contributed by atoms with E-state index in [9.17, 15) is 4.79 Å². The minimum absolute atomic E-state index is 0.0156. The quantitative estimate of drug-likeness (QED) is 0.791. The number of aryl methyl sites for hydroxylation is 1. The maximum Gasteiger partial charge on any atom is 0.273 e. The summed E-state index contributed by atoms with van der Waals surface area (Å²) in [5.74, 6) is 0.508. The zero-order chi connectivity index (χ0) is 13.1. The lowest BCUT2D eigenvalue weighted by Crippen LogP contribution is -2.31. The summed E-state index contributed by atoms with van der Waals surface area (Å²) in [5, 5.41) is 7.50. The van der Waals surface area contributed by atoms with Crippen molar-refractivity contribution >= 4 is 5.91 Å². The molecule has 1 unspecified atom stereocenters. The van der Waals surface area contributed by atoms with Gasteiger partial charge in [0.15, 0.2) is 0 Å². The third-order valence-corrected chi connectivity index (χ3v) is 3.03. The Bertz CT molecular complexity index is 416. The maximum absolute atomic E-state index is 12.2. The van der Waals surface area contributed by atoms with Gasteiger partial charge in [-0.2, -0.15) is 0 Å². The Morgan fingerprint density at radius 1 is 1.61 bits per heavy atom. The van der Waals surface area contributed by atoms with E-state index in [-0.39, 0.29) is 12.0 Å². The minimum Gasteiger partial charge on any atom is -0.376 e. The smallest absolute Gasteiger partial charge is 0.273 e. The molecule has 0 aliphatic carbocycles. The van der Waals surface area contributed by atoms with Gasteiger partial charge in [-0.3, -0.25) is 4.79 Å². The molecule has 2 rings (SSSR count). The lowest BCUT2D eigenvalue weighted by Gasteiger charge is -2.17. The van der Waals surface area contributed by atoms with Crippen molar-refractivity contribution in [1.82, 2.24) is 19.9 Å². The van der Waals surface area contributed by atoms with Gasteiger partial charge in [-0.25, -0.2) is 4.68 Å². The van der Waals surface area contributed by atoms with Crippen LogP contribution in [0.25, 0.3) is 0 Å². The molecule has 1 aliphatic heterocycles. The molecule has 0 spiro atoms. The average molecular weight is 252 g/mol. The van der Waals surface area contributed by atoms with Gasteiger partial charge in [0.05, 0.1) is 12.3 Å². The molecule has 1 atom stereocenters. The van der Waals surface area contributed by atoms with Crippen LogP contribution in [0.4, 0.5) is 0 Å². The molecule has 1 aromatic heterocycles. The van der Waals surface area contributed by atoms with Crippen molar-refractivity contribution in [2.75, 3.05) is 19.7 Å². The number of rotatable bonds is 4. The summed E-state index contributed by atoms with van der Waals surface area (Å²) in [5.41, 5.74) is 0.527. The van der Waals surface area contributed by atoms with E-state index in [0.29, 0.717) is 18.2 Å².